The molecule has 1 aliphatic heterocycles. The Kier molecular flexibility index (Phi) is 7.59. The van der Waals surface area contributed by atoms with E-state index in [2.05, 4.69) is 26.0 Å². The van der Waals surface area contributed by atoms with Gasteiger partial charge in [-0.25, -0.2) is 0 Å². The predicted octanol–water partition coefficient (Wildman–Crippen LogP) is 5.19. The number of nitrogens with zero attached hydrogens (tertiary/aromatic N) is 1. The third kappa shape index (κ3) is 5.07. The molecule has 0 radical (unpaired) electrons. The monoisotopic (exact) mass is 413 g/mol. The van der Waals surface area contributed by atoms with E-state index in [4.69, 9.17) is 13.9 Å². The SMILES string of the molecule is CCC(=O)N(CC[C@]1(c2ccccc2OC)CCO[C@H](C(C)C)C1)Cc1ccco1. The highest BCUT2D eigenvalue weighted by Crippen LogP contribution is 2.45. The summed E-state index contributed by atoms with van der Waals surface area (Å²) in [6.07, 6.45) is 5.06. The first kappa shape index (κ1) is 22.4. The number of furan rings is 1. The van der Waals surface area contributed by atoms with Gasteiger partial charge in [0.1, 0.15) is 11.5 Å². The van der Waals surface area contributed by atoms with Gasteiger partial charge in [-0.1, -0.05) is 39.0 Å². The molecule has 3 rings (SSSR count). The number of rotatable bonds is 9. The molecular weight excluding hydrogens is 378 g/mol. The highest BCUT2D eigenvalue weighted by molar-refractivity contribution is 5.75. The summed E-state index contributed by atoms with van der Waals surface area (Å²) in [7, 11) is 1.73. The van der Waals surface area contributed by atoms with E-state index < -0.39 is 0 Å². The van der Waals surface area contributed by atoms with E-state index in [0.717, 1.165) is 37.4 Å². The summed E-state index contributed by atoms with van der Waals surface area (Å²) in [6, 6.07) is 12.1. The average Bonchev–Trinajstić information content (AvgIpc) is 3.29. The van der Waals surface area contributed by atoms with Gasteiger partial charge in [0, 0.05) is 30.6 Å². The van der Waals surface area contributed by atoms with Crippen LogP contribution in [-0.4, -0.2) is 37.2 Å². The number of carbonyl (C=O) groups excluding carboxylic acids is 1. The van der Waals surface area contributed by atoms with Crippen LogP contribution in [0, 0.1) is 5.92 Å². The molecule has 30 heavy (non-hydrogen) atoms. The molecule has 1 aromatic carbocycles. The van der Waals surface area contributed by atoms with Gasteiger partial charge < -0.3 is 18.8 Å². The second-order valence-corrected chi connectivity index (χ2v) is 8.59. The van der Waals surface area contributed by atoms with E-state index in [-0.39, 0.29) is 17.4 Å². The Labute approximate surface area is 180 Å². The van der Waals surface area contributed by atoms with Crippen molar-refractivity contribution in [3.8, 4) is 5.75 Å². The van der Waals surface area contributed by atoms with E-state index in [1.807, 2.05) is 36.1 Å². The molecule has 0 spiro atoms. The molecule has 5 heteroatoms. The number of benzene rings is 1. The maximum absolute atomic E-state index is 12.7. The van der Waals surface area contributed by atoms with Crippen LogP contribution in [0.1, 0.15) is 57.8 Å². The Morgan fingerprint density at radius 1 is 1.27 bits per heavy atom. The summed E-state index contributed by atoms with van der Waals surface area (Å²) in [4.78, 5) is 14.6. The highest BCUT2D eigenvalue weighted by atomic mass is 16.5. The lowest BCUT2D eigenvalue weighted by Gasteiger charge is -2.44. The lowest BCUT2D eigenvalue weighted by Crippen LogP contribution is -2.44. The van der Waals surface area contributed by atoms with Crippen LogP contribution >= 0.6 is 0 Å². The zero-order chi connectivity index (χ0) is 21.6. The predicted molar refractivity (Wildman–Crippen MR) is 118 cm³/mol. The second-order valence-electron chi connectivity index (χ2n) is 8.59. The van der Waals surface area contributed by atoms with Gasteiger partial charge in [-0.15, -0.1) is 0 Å². The molecule has 2 aromatic rings. The minimum Gasteiger partial charge on any atom is -0.496 e. The fraction of sp³-hybridized carbons (Fsp3) is 0.560. The molecule has 1 saturated heterocycles. The molecule has 1 amide bonds. The lowest BCUT2D eigenvalue weighted by atomic mass is 9.68. The summed E-state index contributed by atoms with van der Waals surface area (Å²) in [5.74, 6) is 2.32. The molecule has 0 aliphatic carbocycles. The summed E-state index contributed by atoms with van der Waals surface area (Å²) < 4.78 is 17.4. The molecular formula is C25H35NO4. The van der Waals surface area contributed by atoms with Crippen molar-refractivity contribution in [3.05, 3.63) is 54.0 Å². The van der Waals surface area contributed by atoms with Gasteiger partial charge in [0.05, 0.1) is 26.0 Å². The van der Waals surface area contributed by atoms with Crippen molar-refractivity contribution in [1.82, 2.24) is 4.90 Å². The molecule has 0 N–H and O–H groups in total. The van der Waals surface area contributed by atoms with Gasteiger partial charge in [0.25, 0.3) is 0 Å². The van der Waals surface area contributed by atoms with E-state index in [1.54, 1.807) is 13.4 Å². The lowest BCUT2D eigenvalue weighted by molar-refractivity contribution is -0.132. The molecule has 0 unspecified atom stereocenters. The Bertz CT molecular complexity index is 801. The van der Waals surface area contributed by atoms with Crippen LogP contribution in [0.5, 0.6) is 5.75 Å². The summed E-state index contributed by atoms with van der Waals surface area (Å²) in [5, 5.41) is 0. The topological polar surface area (TPSA) is 51.9 Å². The molecule has 5 nitrogen and oxygen atoms in total. The summed E-state index contributed by atoms with van der Waals surface area (Å²) in [5.41, 5.74) is 1.14. The van der Waals surface area contributed by atoms with Crippen molar-refractivity contribution < 1.29 is 18.7 Å². The van der Waals surface area contributed by atoms with E-state index in [9.17, 15) is 4.79 Å². The third-order valence-corrected chi connectivity index (χ3v) is 6.37. The number of amides is 1. The first-order valence-electron chi connectivity index (χ1n) is 11.0. The number of methoxy groups -OCH3 is 1. The fourth-order valence-corrected chi connectivity index (χ4v) is 4.52. The van der Waals surface area contributed by atoms with E-state index >= 15 is 0 Å². The van der Waals surface area contributed by atoms with Crippen LogP contribution in [-0.2, 0) is 21.5 Å². The van der Waals surface area contributed by atoms with Crippen LogP contribution in [0.4, 0.5) is 0 Å². The highest BCUT2D eigenvalue weighted by Gasteiger charge is 2.41. The Balaban J connectivity index is 1.89. The molecule has 0 bridgehead atoms. The van der Waals surface area contributed by atoms with Crippen LogP contribution in [0.2, 0.25) is 0 Å². The minimum atomic E-state index is -0.0881. The molecule has 1 aliphatic rings. The molecule has 0 saturated carbocycles. The zero-order valence-corrected chi connectivity index (χ0v) is 18.7. The molecule has 2 heterocycles. The Morgan fingerprint density at radius 3 is 2.73 bits per heavy atom. The number of hydrogen-bond donors (Lipinski definition) is 0. The van der Waals surface area contributed by atoms with Crippen LogP contribution < -0.4 is 4.74 Å². The van der Waals surface area contributed by atoms with Crippen LogP contribution in [0.25, 0.3) is 0 Å². The first-order chi connectivity index (χ1) is 14.5. The molecule has 2 atom stereocenters. The smallest absolute Gasteiger partial charge is 0.222 e. The molecule has 1 fully saturated rings. The van der Waals surface area contributed by atoms with E-state index in [1.165, 1.54) is 5.56 Å². The number of hydrogen-bond acceptors (Lipinski definition) is 4. The second kappa shape index (κ2) is 10.2. The van der Waals surface area contributed by atoms with Gasteiger partial charge in [0.2, 0.25) is 5.91 Å². The number of carbonyl (C=O) groups is 1. The standard InChI is InChI=1S/C25H35NO4/c1-5-24(27)26(18-20-9-8-15-29-20)14-12-25(13-16-30-23(17-25)19(2)3)21-10-6-7-11-22(21)28-4/h6-11,15,19,23H,5,12-14,16-18H2,1-4H3/t23-,25-/m0/s1. The van der Waals surface area contributed by atoms with Crippen molar-refractivity contribution in [2.24, 2.45) is 5.92 Å². The van der Waals surface area contributed by atoms with Gasteiger partial charge >= 0.3 is 0 Å². The summed E-state index contributed by atoms with van der Waals surface area (Å²) in [6.45, 7) is 8.25. The number of para-hydroxylation sites is 1. The zero-order valence-electron chi connectivity index (χ0n) is 18.7. The summed E-state index contributed by atoms with van der Waals surface area (Å²) >= 11 is 0. The van der Waals surface area contributed by atoms with Crippen molar-refractivity contribution in [2.45, 2.75) is 64.5 Å². The molecule has 1 aromatic heterocycles. The largest absolute Gasteiger partial charge is 0.496 e. The third-order valence-electron chi connectivity index (χ3n) is 6.37. The van der Waals surface area contributed by atoms with Crippen molar-refractivity contribution in [2.75, 3.05) is 20.3 Å². The van der Waals surface area contributed by atoms with Crippen LogP contribution in [0.15, 0.2) is 47.1 Å². The van der Waals surface area contributed by atoms with Crippen molar-refractivity contribution in [1.29, 1.82) is 0 Å². The number of ether oxygens (including phenoxy) is 2. The van der Waals surface area contributed by atoms with Gasteiger partial charge in [-0.2, -0.15) is 0 Å². The quantitative estimate of drug-likeness (QED) is 0.568. The first-order valence-corrected chi connectivity index (χ1v) is 11.0. The van der Waals surface area contributed by atoms with E-state index in [0.29, 0.717) is 25.4 Å². The molecule has 164 valence electrons. The van der Waals surface area contributed by atoms with Crippen molar-refractivity contribution in [3.63, 3.8) is 0 Å². The minimum absolute atomic E-state index is 0.0881. The maximum atomic E-state index is 12.7. The Hall–Kier alpha value is -2.27. The van der Waals surface area contributed by atoms with Gasteiger partial charge in [-0.3, -0.25) is 4.79 Å². The van der Waals surface area contributed by atoms with Crippen LogP contribution in [0.3, 0.4) is 0 Å². The fourth-order valence-electron chi connectivity index (χ4n) is 4.52. The Morgan fingerprint density at radius 2 is 2.07 bits per heavy atom. The average molecular weight is 414 g/mol. The maximum Gasteiger partial charge on any atom is 0.222 e. The normalized spacial score (nSPS) is 21.6. The van der Waals surface area contributed by atoms with Crippen molar-refractivity contribution >= 4 is 5.91 Å². The van der Waals surface area contributed by atoms with Gasteiger partial charge in [0.15, 0.2) is 0 Å². The van der Waals surface area contributed by atoms with Gasteiger partial charge in [-0.05, 0) is 43.4 Å².